The predicted octanol–water partition coefficient (Wildman–Crippen LogP) is 0.587. The van der Waals surface area contributed by atoms with Crippen LogP contribution in [-0.2, 0) is 28.7 Å². The number of nitrogens with zero attached hydrogens (tertiary/aromatic N) is 8. The van der Waals surface area contributed by atoms with E-state index in [9.17, 15) is 54.3 Å². The Balaban J connectivity index is 0.0000107. The molecule has 0 spiro atoms. The number of benzene rings is 2. The summed E-state index contributed by atoms with van der Waals surface area (Å²) in [5.74, 6) is -3.43. The monoisotopic (exact) mass is 1140 g/mol. The Morgan fingerprint density at radius 1 is 0.700 bits per heavy atom. The summed E-state index contributed by atoms with van der Waals surface area (Å²) in [6.45, 7) is 9.01. The van der Waals surface area contributed by atoms with Gasteiger partial charge in [0.05, 0.1) is 51.4 Å². The third kappa shape index (κ3) is 17.9. The van der Waals surface area contributed by atoms with Crippen LogP contribution in [0.5, 0.6) is 17.2 Å². The number of carbonyl (C=O) groups excluding carboxylic acids is 3. The van der Waals surface area contributed by atoms with Gasteiger partial charge >= 0.3 is 17.9 Å². The number of aromatic hydroxyl groups is 2. The van der Waals surface area contributed by atoms with Crippen molar-refractivity contribution in [1.29, 1.82) is 0 Å². The Morgan fingerprint density at radius 2 is 1.23 bits per heavy atom. The summed E-state index contributed by atoms with van der Waals surface area (Å²) in [7, 11) is 0. The zero-order valence-corrected chi connectivity index (χ0v) is 41.5. The molecule has 0 unspecified atom stereocenters. The van der Waals surface area contributed by atoms with Crippen LogP contribution in [-0.4, -0.2) is 224 Å². The molecule has 3 amide bonds. The van der Waals surface area contributed by atoms with Gasteiger partial charge in [0.1, 0.15) is 23.4 Å². The molecule has 0 atom stereocenters. The van der Waals surface area contributed by atoms with E-state index in [0.717, 1.165) is 0 Å². The number of hydrogen-bond acceptors (Lipinski definition) is 16. The first-order valence-electron chi connectivity index (χ1n) is 23.2. The first-order chi connectivity index (χ1) is 33.0. The van der Waals surface area contributed by atoms with Gasteiger partial charge in [-0.05, 0) is 48.7 Å². The molecule has 3 heterocycles. The van der Waals surface area contributed by atoms with E-state index in [2.05, 4.69) is 20.8 Å². The second kappa shape index (κ2) is 28.6. The molecule has 2 saturated heterocycles. The molecule has 2 aromatic carbocycles. The van der Waals surface area contributed by atoms with Crippen molar-refractivity contribution in [1.82, 2.24) is 49.9 Å². The van der Waals surface area contributed by atoms with Crippen LogP contribution in [0.1, 0.15) is 62.1 Å². The smallest absolute Gasteiger partial charge is 0.317 e. The average Bonchev–Trinajstić information content (AvgIpc) is 3.73. The van der Waals surface area contributed by atoms with Gasteiger partial charge in [-0.25, -0.2) is 0 Å². The van der Waals surface area contributed by atoms with E-state index in [1.165, 1.54) is 6.07 Å². The van der Waals surface area contributed by atoms with E-state index in [0.29, 0.717) is 81.2 Å². The zero-order valence-electron chi connectivity index (χ0n) is 39.8. The summed E-state index contributed by atoms with van der Waals surface area (Å²) in [5, 5.41) is 63.5. The molecule has 23 nitrogen and oxygen atoms in total. The Morgan fingerprint density at radius 3 is 1.73 bits per heavy atom. The molecule has 0 saturated carbocycles. The Hall–Kier alpha value is -5.17. The van der Waals surface area contributed by atoms with Gasteiger partial charge in [-0.3, -0.25) is 52.9 Å². The van der Waals surface area contributed by atoms with Gasteiger partial charge < -0.3 is 50.5 Å². The first-order valence-corrected chi connectivity index (χ1v) is 23.2. The number of phenols is 2. The fraction of sp³-hybridized carbons (Fsp3) is 0.565. The van der Waals surface area contributed by atoms with Gasteiger partial charge in [0.2, 0.25) is 17.6 Å². The number of phenolic OH excluding ortho intramolecular Hbond substituents is 2. The minimum atomic E-state index is -1.04. The van der Waals surface area contributed by atoms with Gasteiger partial charge in [-0.1, -0.05) is 13.8 Å². The molecular weight excluding hydrogens is 1080 g/mol. The molecule has 1 radical (unpaired) electrons. The maximum absolute atomic E-state index is 13.1. The number of amides is 3. The fourth-order valence-electron chi connectivity index (χ4n) is 8.14. The number of likely N-dealkylation sites (tertiary alicyclic amines) is 1. The van der Waals surface area contributed by atoms with Gasteiger partial charge in [-0.2, -0.15) is 0 Å². The van der Waals surface area contributed by atoms with E-state index in [1.54, 1.807) is 61.4 Å². The molecule has 2 aliphatic heterocycles. The number of nitrogens with one attached hydrogen (secondary N) is 2. The molecule has 70 heavy (non-hydrogen) atoms. The van der Waals surface area contributed by atoms with E-state index in [4.69, 9.17) is 9.47 Å². The van der Waals surface area contributed by atoms with Crippen molar-refractivity contribution in [3.8, 4) is 34.3 Å². The minimum absolute atomic E-state index is 0. The number of carbonyl (C=O) groups is 6. The van der Waals surface area contributed by atoms with Crippen LogP contribution in [0.2, 0.25) is 0 Å². The average molecular weight is 1140 g/mol. The Labute approximate surface area is 435 Å². The Bertz CT molecular complexity index is 2190. The number of aliphatic carboxylic acids is 3. The van der Waals surface area contributed by atoms with Crippen molar-refractivity contribution in [3.63, 3.8) is 0 Å². The SMILES string of the molecule is CCNC(=O)c1nnc(-c2cc(C(C)C)c(O)cc2O)n1-c1ccc(OC2CCN(C(=O)CCOCCNC(=O)CN3CCN(CC(=O)O)CCN(CC(=O)O)CCN(CC(=O)O)CC3)CC2)cc1.[Lu]. The maximum Gasteiger partial charge on any atom is 0.317 e. The van der Waals surface area contributed by atoms with Gasteiger partial charge in [0.15, 0.2) is 5.82 Å². The summed E-state index contributed by atoms with van der Waals surface area (Å²) in [6.07, 6.45) is 1.22. The van der Waals surface area contributed by atoms with E-state index < -0.39 is 23.8 Å². The number of piperidine rings is 1. The van der Waals surface area contributed by atoms with Crippen molar-refractivity contribution in [2.24, 2.45) is 0 Å². The fourth-order valence-corrected chi connectivity index (χ4v) is 8.14. The number of carboxylic acids is 3. The van der Waals surface area contributed by atoms with Gasteiger partial charge in [-0.15, -0.1) is 10.2 Å². The zero-order chi connectivity index (χ0) is 50.0. The molecule has 3 aromatic rings. The second-order valence-electron chi connectivity index (χ2n) is 17.3. The predicted molar refractivity (Wildman–Crippen MR) is 250 cm³/mol. The van der Waals surface area contributed by atoms with Crippen molar-refractivity contribution in [3.05, 3.63) is 47.8 Å². The van der Waals surface area contributed by atoms with Crippen LogP contribution < -0.4 is 15.4 Å². The summed E-state index contributed by atoms with van der Waals surface area (Å²) in [6, 6.07) is 9.95. The largest absolute Gasteiger partial charge is 0.508 e. The van der Waals surface area contributed by atoms with Gasteiger partial charge in [0, 0.05) is 140 Å². The number of ether oxygens (including phenoxy) is 2. The molecule has 0 bridgehead atoms. The molecule has 2 aliphatic rings. The van der Waals surface area contributed by atoms with E-state index in [-0.39, 0.29) is 162 Å². The second-order valence-corrected chi connectivity index (χ2v) is 17.3. The van der Waals surface area contributed by atoms with Crippen molar-refractivity contribution in [2.45, 2.75) is 52.1 Å². The number of aromatic nitrogens is 3. The number of rotatable bonds is 21. The maximum atomic E-state index is 13.1. The van der Waals surface area contributed by atoms with Crippen molar-refractivity contribution < 1.29 is 101 Å². The van der Waals surface area contributed by atoms with Crippen molar-refractivity contribution >= 4 is 35.6 Å². The molecule has 0 aliphatic carbocycles. The molecule has 7 N–H and O–H groups in total. The third-order valence-electron chi connectivity index (χ3n) is 11.8. The van der Waals surface area contributed by atoms with Crippen LogP contribution >= 0.6 is 0 Å². The molecule has 24 heteroatoms. The van der Waals surface area contributed by atoms with E-state index in [1.807, 2.05) is 18.7 Å². The molecule has 5 rings (SSSR count). The molecule has 2 fully saturated rings. The standard InChI is InChI=1S/C46H66N10O13.Lu/c1-4-47-46(67)45-50-49-44(36-25-35(31(2)3)37(57)26-38(36)58)56(45)32-5-7-33(8-6-32)69-34-9-13-55(14-10-34)40(60)11-23-68-24-12-48-39(59)27-51-15-17-52(28-41(61)62)19-21-54(30-43(65)66)22-20-53(18-16-51)29-42(63)64;/h5-8,25-26,31,34,57-58H,4,9-24,27-30H2,1-3H3,(H,47,67)(H,48,59)(H,61,62)(H,63,64)(H,65,66);. The Kier molecular flexibility index (Phi) is 23.5. The van der Waals surface area contributed by atoms with Crippen LogP contribution in [0.3, 0.4) is 0 Å². The summed E-state index contributed by atoms with van der Waals surface area (Å²) < 4.78 is 13.5. The third-order valence-corrected chi connectivity index (χ3v) is 11.8. The summed E-state index contributed by atoms with van der Waals surface area (Å²) >= 11 is 0. The quantitative estimate of drug-likeness (QED) is 0.0719. The van der Waals surface area contributed by atoms with Crippen LogP contribution in [0.4, 0.5) is 0 Å². The van der Waals surface area contributed by atoms with Gasteiger partial charge in [0.25, 0.3) is 5.91 Å². The number of hydrogen-bond donors (Lipinski definition) is 7. The summed E-state index contributed by atoms with van der Waals surface area (Å²) in [5.41, 5.74) is 1.44. The molecule has 393 valence electrons. The molecule has 1 aromatic heterocycles. The topological polar surface area (TPSA) is 293 Å². The van der Waals surface area contributed by atoms with E-state index >= 15 is 0 Å². The summed E-state index contributed by atoms with van der Waals surface area (Å²) in [4.78, 5) is 82.3. The van der Waals surface area contributed by atoms with Crippen LogP contribution in [0, 0.1) is 36.9 Å². The molecular formula is C46H66LuN10O13. The normalized spacial score (nSPS) is 16.1. The van der Waals surface area contributed by atoms with Crippen LogP contribution in [0.15, 0.2) is 36.4 Å². The minimum Gasteiger partial charge on any atom is -0.508 e. The first kappa shape index (κ1) is 57.4. The number of carboxylic acid groups (broad SMARTS) is 3. The van der Waals surface area contributed by atoms with Crippen LogP contribution in [0.25, 0.3) is 17.1 Å². The van der Waals surface area contributed by atoms with Crippen molar-refractivity contribution in [2.75, 3.05) is 118 Å².